The highest BCUT2D eigenvalue weighted by molar-refractivity contribution is 7.09. The molecule has 0 aliphatic rings. The van der Waals surface area contributed by atoms with Crippen LogP contribution >= 0.6 is 11.3 Å². The van der Waals surface area contributed by atoms with Crippen LogP contribution in [0.2, 0.25) is 0 Å². The van der Waals surface area contributed by atoms with Crippen LogP contribution in [0.1, 0.15) is 26.6 Å². The maximum absolute atomic E-state index is 13.6. The predicted molar refractivity (Wildman–Crippen MR) is 61.4 cm³/mol. The highest BCUT2D eigenvalue weighted by atomic mass is 32.1. The van der Waals surface area contributed by atoms with E-state index in [0.29, 0.717) is 5.01 Å². The van der Waals surface area contributed by atoms with Crippen LogP contribution in [0.15, 0.2) is 17.5 Å². The van der Waals surface area contributed by atoms with E-state index in [0.717, 1.165) is 0 Å². The fraction of sp³-hybridized carbons (Fsp3) is 0.167. The molecule has 0 unspecified atom stereocenters. The minimum absolute atomic E-state index is 0.148. The van der Waals surface area contributed by atoms with Gasteiger partial charge in [-0.15, -0.1) is 11.3 Å². The Balaban J connectivity index is 2.48. The zero-order chi connectivity index (χ0) is 12.6. The minimum atomic E-state index is -1.11. The van der Waals surface area contributed by atoms with Crippen LogP contribution in [0.5, 0.6) is 0 Å². The van der Waals surface area contributed by atoms with E-state index in [1.54, 1.807) is 6.92 Å². The third kappa shape index (κ3) is 2.10. The molecular formula is C12H9F2NOS. The first kappa shape index (κ1) is 11.9. The normalized spacial score (nSPS) is 10.6. The quantitative estimate of drug-likeness (QED) is 0.769. The van der Waals surface area contributed by atoms with Gasteiger partial charge in [-0.2, -0.15) is 0 Å². The van der Waals surface area contributed by atoms with E-state index in [2.05, 4.69) is 4.98 Å². The zero-order valence-electron chi connectivity index (χ0n) is 9.25. The largest absolute Gasteiger partial charge is 0.287 e. The average Bonchev–Trinajstić information content (AvgIpc) is 2.72. The number of thiazole rings is 1. The molecule has 0 radical (unpaired) electrons. The highest BCUT2D eigenvalue weighted by Crippen LogP contribution is 2.19. The van der Waals surface area contributed by atoms with Gasteiger partial charge >= 0.3 is 0 Å². The third-order valence-corrected chi connectivity index (χ3v) is 3.15. The van der Waals surface area contributed by atoms with Crippen molar-refractivity contribution < 1.29 is 13.6 Å². The number of aryl methyl sites for hydroxylation is 2. The summed E-state index contributed by atoms with van der Waals surface area (Å²) >= 11 is 1.29. The van der Waals surface area contributed by atoms with Crippen molar-refractivity contribution in [2.24, 2.45) is 0 Å². The van der Waals surface area contributed by atoms with Gasteiger partial charge in [-0.1, -0.05) is 6.07 Å². The van der Waals surface area contributed by atoms with E-state index in [1.165, 1.54) is 35.8 Å². The molecule has 0 N–H and O–H groups in total. The molecule has 0 spiro atoms. The monoisotopic (exact) mass is 253 g/mol. The first-order valence-electron chi connectivity index (χ1n) is 4.92. The molecule has 0 bridgehead atoms. The molecule has 2 aromatic rings. The van der Waals surface area contributed by atoms with Gasteiger partial charge in [-0.3, -0.25) is 4.79 Å². The lowest BCUT2D eigenvalue weighted by Crippen LogP contribution is -2.07. The summed E-state index contributed by atoms with van der Waals surface area (Å²) in [6.45, 7) is 3.19. The van der Waals surface area contributed by atoms with Gasteiger partial charge in [0.25, 0.3) is 0 Å². The van der Waals surface area contributed by atoms with Crippen LogP contribution in [-0.4, -0.2) is 10.8 Å². The second-order valence-corrected chi connectivity index (χ2v) is 4.70. The number of rotatable bonds is 2. The summed E-state index contributed by atoms with van der Waals surface area (Å²) in [6, 6.07) is 2.66. The Bertz CT molecular complexity index is 592. The average molecular weight is 253 g/mol. The first-order chi connectivity index (χ1) is 8.00. The van der Waals surface area contributed by atoms with Crippen LogP contribution in [0.4, 0.5) is 8.78 Å². The molecule has 0 saturated heterocycles. The highest BCUT2D eigenvalue weighted by Gasteiger charge is 2.20. The van der Waals surface area contributed by atoms with Gasteiger partial charge in [0.2, 0.25) is 5.78 Å². The number of benzene rings is 1. The van der Waals surface area contributed by atoms with E-state index in [1.807, 2.05) is 0 Å². The van der Waals surface area contributed by atoms with Gasteiger partial charge in [-0.25, -0.2) is 13.8 Å². The lowest BCUT2D eigenvalue weighted by molar-refractivity contribution is 0.103. The van der Waals surface area contributed by atoms with Gasteiger partial charge in [0, 0.05) is 5.38 Å². The van der Waals surface area contributed by atoms with E-state index >= 15 is 0 Å². The number of aromatic nitrogens is 1. The van der Waals surface area contributed by atoms with E-state index < -0.39 is 17.4 Å². The van der Waals surface area contributed by atoms with Gasteiger partial charge in [0.1, 0.15) is 5.69 Å². The lowest BCUT2D eigenvalue weighted by Gasteiger charge is -2.03. The number of ketones is 1. The zero-order valence-corrected chi connectivity index (χ0v) is 10.1. The molecule has 5 heteroatoms. The van der Waals surface area contributed by atoms with Crippen LogP contribution in [0.3, 0.4) is 0 Å². The Hall–Kier alpha value is -1.62. The molecule has 2 nitrogen and oxygen atoms in total. The first-order valence-corrected chi connectivity index (χ1v) is 5.80. The summed E-state index contributed by atoms with van der Waals surface area (Å²) in [4.78, 5) is 15.8. The summed E-state index contributed by atoms with van der Waals surface area (Å²) in [5, 5.41) is 2.25. The lowest BCUT2D eigenvalue weighted by atomic mass is 10.1. The van der Waals surface area contributed by atoms with E-state index in [4.69, 9.17) is 0 Å². The molecule has 0 saturated carbocycles. The molecule has 0 atom stereocenters. The maximum atomic E-state index is 13.6. The van der Waals surface area contributed by atoms with Crippen LogP contribution < -0.4 is 0 Å². The number of halogens is 2. The molecule has 1 heterocycles. The SMILES string of the molecule is Cc1nc(C(=O)c2ccc(C)c(F)c2F)cs1. The Morgan fingerprint density at radius 3 is 2.53 bits per heavy atom. The van der Waals surface area contributed by atoms with Crippen molar-refractivity contribution in [3.63, 3.8) is 0 Å². The molecule has 0 aliphatic heterocycles. The number of carbonyl (C=O) groups excluding carboxylic acids is 1. The number of hydrogen-bond donors (Lipinski definition) is 0. The van der Waals surface area contributed by atoms with Crippen molar-refractivity contribution in [2.75, 3.05) is 0 Å². The van der Waals surface area contributed by atoms with Gasteiger partial charge < -0.3 is 0 Å². The summed E-state index contributed by atoms with van der Waals surface area (Å²) < 4.78 is 26.9. The standard InChI is InChI=1S/C12H9F2NOS/c1-6-3-4-8(11(14)10(6)13)12(16)9-5-17-7(2)15-9/h3-5H,1-2H3. The van der Waals surface area contributed by atoms with E-state index in [-0.39, 0.29) is 16.8 Å². The molecule has 17 heavy (non-hydrogen) atoms. The fourth-order valence-corrected chi connectivity index (χ4v) is 2.02. The Kier molecular flexibility index (Phi) is 3.02. The third-order valence-electron chi connectivity index (χ3n) is 2.37. The second kappa shape index (κ2) is 4.33. The smallest absolute Gasteiger partial charge is 0.215 e. The summed E-state index contributed by atoms with van der Waals surface area (Å²) in [5.74, 6) is -2.69. The minimum Gasteiger partial charge on any atom is -0.287 e. The summed E-state index contributed by atoms with van der Waals surface area (Å²) in [5.41, 5.74) is 0.0431. The molecule has 88 valence electrons. The second-order valence-electron chi connectivity index (χ2n) is 3.64. The summed E-state index contributed by atoms with van der Waals surface area (Å²) in [6.07, 6.45) is 0. The Morgan fingerprint density at radius 2 is 1.94 bits per heavy atom. The molecule has 2 rings (SSSR count). The molecule has 0 fully saturated rings. The van der Waals surface area contributed by atoms with Crippen LogP contribution in [-0.2, 0) is 0 Å². The van der Waals surface area contributed by atoms with E-state index in [9.17, 15) is 13.6 Å². The summed E-state index contributed by atoms with van der Waals surface area (Å²) in [7, 11) is 0. The van der Waals surface area contributed by atoms with Crippen molar-refractivity contribution in [3.8, 4) is 0 Å². The van der Waals surface area contributed by atoms with Crippen molar-refractivity contribution in [2.45, 2.75) is 13.8 Å². The molecule has 1 aromatic carbocycles. The van der Waals surface area contributed by atoms with Gasteiger partial charge in [-0.05, 0) is 25.5 Å². The van der Waals surface area contributed by atoms with Gasteiger partial charge in [0.15, 0.2) is 11.6 Å². The number of nitrogens with zero attached hydrogens (tertiary/aromatic N) is 1. The topological polar surface area (TPSA) is 30.0 Å². The van der Waals surface area contributed by atoms with Crippen molar-refractivity contribution >= 4 is 17.1 Å². The van der Waals surface area contributed by atoms with Crippen LogP contribution in [0, 0.1) is 25.5 Å². The van der Waals surface area contributed by atoms with Crippen molar-refractivity contribution in [1.29, 1.82) is 0 Å². The van der Waals surface area contributed by atoms with Crippen molar-refractivity contribution in [3.05, 3.63) is 51.0 Å². The predicted octanol–water partition coefficient (Wildman–Crippen LogP) is 3.27. The fourth-order valence-electron chi connectivity index (χ4n) is 1.43. The molecule has 0 aliphatic carbocycles. The molecule has 1 aromatic heterocycles. The number of carbonyl (C=O) groups is 1. The Labute approximate surface area is 101 Å². The number of hydrogen-bond acceptors (Lipinski definition) is 3. The Morgan fingerprint density at radius 1 is 1.24 bits per heavy atom. The maximum Gasteiger partial charge on any atom is 0.215 e. The molecule has 0 amide bonds. The van der Waals surface area contributed by atoms with Crippen LogP contribution in [0.25, 0.3) is 0 Å². The van der Waals surface area contributed by atoms with Gasteiger partial charge in [0.05, 0.1) is 10.6 Å². The molecular weight excluding hydrogens is 244 g/mol. The van der Waals surface area contributed by atoms with Crippen molar-refractivity contribution in [1.82, 2.24) is 4.98 Å².